The van der Waals surface area contributed by atoms with E-state index in [1.165, 1.54) is 0 Å². The largest absolute Gasteiger partial charge is 0.489 e. The number of ether oxygens (including phenoxy) is 1. The van der Waals surface area contributed by atoms with Crippen molar-refractivity contribution in [3.63, 3.8) is 0 Å². The number of nitrogens with one attached hydrogen (secondary N) is 2. The number of halogens is 1. The van der Waals surface area contributed by atoms with Crippen LogP contribution in [0.4, 0.5) is 0 Å². The van der Waals surface area contributed by atoms with Crippen LogP contribution in [0.15, 0.2) is 59.3 Å². The van der Waals surface area contributed by atoms with E-state index >= 15 is 0 Å². The molecule has 2 aromatic heterocycles. The second-order valence-corrected chi connectivity index (χ2v) is 8.25. The van der Waals surface area contributed by atoms with Crippen LogP contribution in [-0.4, -0.2) is 35.6 Å². The fourth-order valence-electron chi connectivity index (χ4n) is 4.74. The summed E-state index contributed by atoms with van der Waals surface area (Å²) in [5.41, 5.74) is 3.47. The lowest BCUT2D eigenvalue weighted by Crippen LogP contribution is -2.22. The van der Waals surface area contributed by atoms with Crippen LogP contribution < -0.4 is 15.4 Å². The normalized spacial score (nSPS) is 18.3. The number of nitrogens with zero attached hydrogens (tertiary/aromatic N) is 1. The van der Waals surface area contributed by atoms with Crippen molar-refractivity contribution < 1.29 is 18.7 Å². The van der Waals surface area contributed by atoms with E-state index in [0.717, 1.165) is 35.8 Å². The van der Waals surface area contributed by atoms with Crippen molar-refractivity contribution in [1.82, 2.24) is 15.2 Å². The zero-order valence-corrected chi connectivity index (χ0v) is 18.7. The molecule has 0 saturated carbocycles. The molecule has 0 bridgehead atoms. The Morgan fingerprint density at radius 1 is 1.06 bits per heavy atom. The lowest BCUT2D eigenvalue weighted by Gasteiger charge is -2.14. The summed E-state index contributed by atoms with van der Waals surface area (Å²) in [6.07, 6.45) is 4.46. The topological polar surface area (TPSA) is 85.5 Å². The number of rotatable bonds is 4. The Kier molecular flexibility index (Phi) is 5.23. The Hall–Kier alpha value is -3.55. The van der Waals surface area contributed by atoms with Crippen molar-refractivity contribution >= 4 is 57.2 Å². The van der Waals surface area contributed by atoms with Crippen molar-refractivity contribution in [1.29, 1.82) is 0 Å². The Bertz CT molecular complexity index is 1440. The molecule has 1 fully saturated rings. The zero-order chi connectivity index (χ0) is 21.8. The lowest BCUT2D eigenvalue weighted by atomic mass is 9.94. The smallest absolute Gasteiger partial charge is 0.259 e. The second kappa shape index (κ2) is 8.10. The number of benzene rings is 2. The number of aromatic nitrogens is 1. The van der Waals surface area contributed by atoms with Crippen LogP contribution in [0.5, 0.6) is 5.75 Å². The maximum absolute atomic E-state index is 13.0. The van der Waals surface area contributed by atoms with Gasteiger partial charge in [0.05, 0.1) is 17.4 Å². The van der Waals surface area contributed by atoms with Crippen molar-refractivity contribution in [2.24, 2.45) is 7.05 Å². The van der Waals surface area contributed by atoms with Gasteiger partial charge in [0, 0.05) is 47.2 Å². The molecular formula is C25H22ClN3O4. The summed E-state index contributed by atoms with van der Waals surface area (Å²) >= 11 is 0. The number of hydrogen-bond acceptors (Lipinski definition) is 5. The van der Waals surface area contributed by atoms with Crippen LogP contribution in [0, 0.1) is 0 Å². The number of fused-ring (bicyclic) bond motifs is 2. The molecule has 0 radical (unpaired) electrons. The van der Waals surface area contributed by atoms with E-state index in [4.69, 9.17) is 9.15 Å². The summed E-state index contributed by atoms with van der Waals surface area (Å²) in [7, 11) is 1.93. The molecule has 2 N–H and O–H groups in total. The number of amides is 2. The van der Waals surface area contributed by atoms with Gasteiger partial charge in [-0.05, 0) is 37.2 Å². The van der Waals surface area contributed by atoms with Crippen LogP contribution in [-0.2, 0) is 16.6 Å². The molecule has 4 aromatic rings. The second-order valence-electron chi connectivity index (χ2n) is 8.25. The summed E-state index contributed by atoms with van der Waals surface area (Å²) in [5, 5.41) is 7.50. The van der Waals surface area contributed by atoms with Gasteiger partial charge in [0.25, 0.3) is 11.8 Å². The number of para-hydroxylation sites is 1. The fraction of sp³-hybridized carbons (Fsp3) is 0.200. The molecule has 0 spiro atoms. The number of imide groups is 1. The molecule has 2 aliphatic heterocycles. The standard InChI is InChI=1S/C25H21N3O4.ClH/c1-28-13-19(17-4-2-3-5-20(17)28)22-21(24(29)27-25(22)30)18-11-16(32-15-6-8-26-12-15)10-14-7-9-31-23(14)18;/h2-5,7,9-11,13,15,26H,6,8,12H2,1H3,(H,27,29,30);1H/t15-;/m1./s1. The average molecular weight is 464 g/mol. The predicted octanol–water partition coefficient (Wildman–Crippen LogP) is 3.65. The molecule has 6 rings (SSSR count). The Morgan fingerprint density at radius 3 is 2.64 bits per heavy atom. The van der Waals surface area contributed by atoms with Gasteiger partial charge in [-0.15, -0.1) is 12.4 Å². The molecule has 2 aromatic carbocycles. The summed E-state index contributed by atoms with van der Waals surface area (Å²) < 4.78 is 13.9. The van der Waals surface area contributed by atoms with E-state index in [0.29, 0.717) is 33.6 Å². The molecule has 2 amide bonds. The number of carbonyl (C=O) groups is 2. The highest BCUT2D eigenvalue weighted by Crippen LogP contribution is 2.40. The number of carbonyl (C=O) groups excluding carboxylic acids is 2. The van der Waals surface area contributed by atoms with Gasteiger partial charge in [0.15, 0.2) is 0 Å². The molecule has 4 heterocycles. The lowest BCUT2D eigenvalue weighted by molar-refractivity contribution is -0.122. The van der Waals surface area contributed by atoms with E-state index in [1.807, 2.05) is 60.3 Å². The molecule has 33 heavy (non-hydrogen) atoms. The summed E-state index contributed by atoms with van der Waals surface area (Å²) in [5.74, 6) is -0.192. The molecule has 2 aliphatic rings. The first-order valence-corrected chi connectivity index (χ1v) is 10.6. The van der Waals surface area contributed by atoms with E-state index in [2.05, 4.69) is 10.6 Å². The van der Waals surface area contributed by atoms with Crippen LogP contribution in [0.25, 0.3) is 33.0 Å². The molecule has 1 atom stereocenters. The van der Waals surface area contributed by atoms with Crippen molar-refractivity contribution in [3.05, 3.63) is 66.1 Å². The van der Waals surface area contributed by atoms with Gasteiger partial charge in [-0.1, -0.05) is 18.2 Å². The SMILES string of the molecule is Cl.Cn1cc(C2=C(c3cc(O[C@@H]4CCNC4)cc4ccoc34)C(=O)NC2=O)c2ccccc21. The highest BCUT2D eigenvalue weighted by atomic mass is 35.5. The first kappa shape index (κ1) is 21.3. The molecule has 168 valence electrons. The van der Waals surface area contributed by atoms with Gasteiger partial charge in [-0.2, -0.15) is 0 Å². The van der Waals surface area contributed by atoms with Crippen molar-refractivity contribution in [2.45, 2.75) is 12.5 Å². The van der Waals surface area contributed by atoms with Crippen molar-refractivity contribution in [2.75, 3.05) is 13.1 Å². The van der Waals surface area contributed by atoms with Gasteiger partial charge < -0.3 is 19.0 Å². The van der Waals surface area contributed by atoms with Crippen LogP contribution in [0.1, 0.15) is 17.5 Å². The molecule has 1 saturated heterocycles. The summed E-state index contributed by atoms with van der Waals surface area (Å²) in [6.45, 7) is 1.69. The van der Waals surface area contributed by atoms with Crippen LogP contribution in [0.3, 0.4) is 0 Å². The van der Waals surface area contributed by atoms with E-state index in [-0.39, 0.29) is 18.5 Å². The van der Waals surface area contributed by atoms with Gasteiger partial charge in [0.2, 0.25) is 0 Å². The monoisotopic (exact) mass is 463 g/mol. The van der Waals surface area contributed by atoms with Gasteiger partial charge in [0.1, 0.15) is 17.4 Å². The third-order valence-corrected chi connectivity index (χ3v) is 6.21. The Balaban J connectivity index is 0.00000228. The highest BCUT2D eigenvalue weighted by molar-refractivity contribution is 6.50. The zero-order valence-electron chi connectivity index (χ0n) is 17.9. The van der Waals surface area contributed by atoms with Crippen LogP contribution >= 0.6 is 12.4 Å². The molecular weight excluding hydrogens is 442 g/mol. The molecule has 7 nitrogen and oxygen atoms in total. The maximum Gasteiger partial charge on any atom is 0.259 e. The first-order chi connectivity index (χ1) is 15.6. The minimum atomic E-state index is -0.435. The van der Waals surface area contributed by atoms with Gasteiger partial charge in [-0.25, -0.2) is 0 Å². The Morgan fingerprint density at radius 2 is 1.85 bits per heavy atom. The Labute approximate surface area is 195 Å². The van der Waals surface area contributed by atoms with Crippen LogP contribution in [0.2, 0.25) is 0 Å². The number of furan rings is 1. The summed E-state index contributed by atoms with van der Waals surface area (Å²) in [4.78, 5) is 26.0. The average Bonchev–Trinajstić information content (AvgIpc) is 3.56. The number of hydrogen-bond donors (Lipinski definition) is 2. The van der Waals surface area contributed by atoms with Gasteiger partial charge in [-0.3, -0.25) is 14.9 Å². The first-order valence-electron chi connectivity index (χ1n) is 10.6. The third-order valence-electron chi connectivity index (χ3n) is 6.21. The van der Waals surface area contributed by atoms with E-state index < -0.39 is 11.8 Å². The molecule has 0 aliphatic carbocycles. The molecule has 0 unspecified atom stereocenters. The maximum atomic E-state index is 13.0. The van der Waals surface area contributed by atoms with Crippen molar-refractivity contribution in [3.8, 4) is 5.75 Å². The minimum absolute atomic E-state index is 0. The molecule has 8 heteroatoms. The van der Waals surface area contributed by atoms with E-state index in [9.17, 15) is 9.59 Å². The number of aryl methyl sites for hydroxylation is 1. The quantitative estimate of drug-likeness (QED) is 0.451. The predicted molar refractivity (Wildman–Crippen MR) is 128 cm³/mol. The minimum Gasteiger partial charge on any atom is -0.489 e. The van der Waals surface area contributed by atoms with E-state index in [1.54, 1.807) is 6.26 Å². The highest BCUT2D eigenvalue weighted by Gasteiger charge is 2.35. The fourth-order valence-corrected chi connectivity index (χ4v) is 4.74. The van der Waals surface area contributed by atoms with Gasteiger partial charge >= 0.3 is 0 Å². The summed E-state index contributed by atoms with van der Waals surface area (Å²) in [6, 6.07) is 13.4. The third kappa shape index (κ3) is 3.41.